The molecule has 2 N–H and O–H groups in total. The summed E-state index contributed by atoms with van der Waals surface area (Å²) < 4.78 is 1.84. The van der Waals surface area contributed by atoms with Crippen LogP contribution < -0.4 is 5.73 Å². The standard InChI is InChI=1S/C13H12N4S/c14-11-4-1-3-10(7-11)13-15-9-17(16-13)8-12-5-2-6-18-12/h1-7,9H,8,14H2. The first-order valence-electron chi connectivity index (χ1n) is 5.59. The van der Waals surface area contributed by atoms with Crippen molar-refractivity contribution in [3.8, 4) is 11.4 Å². The summed E-state index contributed by atoms with van der Waals surface area (Å²) in [6.45, 7) is 0.757. The van der Waals surface area contributed by atoms with Crippen LogP contribution in [0.1, 0.15) is 4.88 Å². The average Bonchev–Trinajstić information content (AvgIpc) is 3.01. The van der Waals surface area contributed by atoms with E-state index in [0.717, 1.165) is 17.8 Å². The summed E-state index contributed by atoms with van der Waals surface area (Å²) in [5.41, 5.74) is 7.42. The molecule has 0 aliphatic rings. The van der Waals surface area contributed by atoms with Crippen LogP contribution in [0.5, 0.6) is 0 Å². The molecule has 0 bridgehead atoms. The van der Waals surface area contributed by atoms with E-state index in [1.165, 1.54) is 4.88 Å². The van der Waals surface area contributed by atoms with Gasteiger partial charge in [-0.05, 0) is 23.6 Å². The molecule has 5 heteroatoms. The third-order valence-corrected chi connectivity index (χ3v) is 3.44. The molecule has 0 amide bonds. The van der Waals surface area contributed by atoms with Crippen molar-refractivity contribution in [2.75, 3.05) is 5.73 Å². The summed E-state index contributed by atoms with van der Waals surface area (Å²) in [5, 5.41) is 6.51. The number of benzene rings is 1. The van der Waals surface area contributed by atoms with Crippen molar-refractivity contribution in [3.05, 3.63) is 53.0 Å². The fraction of sp³-hybridized carbons (Fsp3) is 0.0769. The number of anilines is 1. The molecule has 0 atom stereocenters. The average molecular weight is 256 g/mol. The second kappa shape index (κ2) is 4.62. The molecule has 0 radical (unpaired) electrons. The highest BCUT2D eigenvalue weighted by Gasteiger charge is 2.05. The molecule has 18 heavy (non-hydrogen) atoms. The second-order valence-corrected chi connectivity index (χ2v) is 5.00. The Bertz CT molecular complexity index is 643. The fourth-order valence-electron chi connectivity index (χ4n) is 1.74. The molecule has 0 unspecified atom stereocenters. The monoisotopic (exact) mass is 256 g/mol. The van der Waals surface area contributed by atoms with E-state index < -0.39 is 0 Å². The Morgan fingerprint density at radius 1 is 1.22 bits per heavy atom. The second-order valence-electron chi connectivity index (χ2n) is 3.97. The minimum Gasteiger partial charge on any atom is -0.399 e. The van der Waals surface area contributed by atoms with E-state index in [4.69, 9.17) is 5.73 Å². The number of thiophene rings is 1. The molecule has 2 aromatic heterocycles. The van der Waals surface area contributed by atoms with Crippen LogP contribution in [0.3, 0.4) is 0 Å². The number of nitrogen functional groups attached to an aromatic ring is 1. The van der Waals surface area contributed by atoms with Crippen LogP contribution in [0.4, 0.5) is 5.69 Å². The van der Waals surface area contributed by atoms with Crippen LogP contribution in [-0.4, -0.2) is 14.8 Å². The quantitative estimate of drug-likeness (QED) is 0.733. The van der Waals surface area contributed by atoms with E-state index in [1.807, 2.05) is 35.0 Å². The van der Waals surface area contributed by atoms with Gasteiger partial charge in [0.15, 0.2) is 5.82 Å². The molecule has 3 aromatic rings. The van der Waals surface area contributed by atoms with E-state index >= 15 is 0 Å². The Morgan fingerprint density at radius 2 is 2.17 bits per heavy atom. The van der Waals surface area contributed by atoms with Crippen molar-refractivity contribution >= 4 is 17.0 Å². The topological polar surface area (TPSA) is 56.7 Å². The zero-order valence-electron chi connectivity index (χ0n) is 9.65. The van der Waals surface area contributed by atoms with Gasteiger partial charge < -0.3 is 5.73 Å². The van der Waals surface area contributed by atoms with Gasteiger partial charge in [-0.1, -0.05) is 18.2 Å². The molecular formula is C13H12N4S. The van der Waals surface area contributed by atoms with Gasteiger partial charge in [-0.15, -0.1) is 11.3 Å². The zero-order chi connectivity index (χ0) is 12.4. The first-order chi connectivity index (χ1) is 8.81. The maximum Gasteiger partial charge on any atom is 0.181 e. The summed E-state index contributed by atoms with van der Waals surface area (Å²) in [5.74, 6) is 0.707. The number of hydrogen-bond donors (Lipinski definition) is 1. The number of aromatic nitrogens is 3. The van der Waals surface area contributed by atoms with Crippen LogP contribution in [0, 0.1) is 0 Å². The van der Waals surface area contributed by atoms with Crippen LogP contribution in [-0.2, 0) is 6.54 Å². The first kappa shape index (κ1) is 11.0. The van der Waals surface area contributed by atoms with Gasteiger partial charge in [0, 0.05) is 16.1 Å². The number of rotatable bonds is 3. The number of hydrogen-bond acceptors (Lipinski definition) is 4. The van der Waals surface area contributed by atoms with Crippen molar-refractivity contribution in [3.63, 3.8) is 0 Å². The summed E-state index contributed by atoms with van der Waals surface area (Å²) in [7, 11) is 0. The van der Waals surface area contributed by atoms with Crippen molar-refractivity contribution in [2.45, 2.75) is 6.54 Å². The Hall–Kier alpha value is -2.14. The van der Waals surface area contributed by atoms with Crippen molar-refractivity contribution in [1.82, 2.24) is 14.8 Å². The van der Waals surface area contributed by atoms with Gasteiger partial charge in [-0.25, -0.2) is 9.67 Å². The van der Waals surface area contributed by atoms with Crippen LogP contribution in [0.25, 0.3) is 11.4 Å². The molecule has 1 aromatic carbocycles. The van der Waals surface area contributed by atoms with Gasteiger partial charge in [0.1, 0.15) is 6.33 Å². The van der Waals surface area contributed by atoms with Gasteiger partial charge in [0.05, 0.1) is 6.54 Å². The Morgan fingerprint density at radius 3 is 2.94 bits per heavy atom. The lowest BCUT2D eigenvalue weighted by atomic mass is 10.2. The zero-order valence-corrected chi connectivity index (χ0v) is 10.5. The van der Waals surface area contributed by atoms with Crippen molar-refractivity contribution in [1.29, 1.82) is 0 Å². The molecule has 4 nitrogen and oxygen atoms in total. The largest absolute Gasteiger partial charge is 0.399 e. The molecular weight excluding hydrogens is 244 g/mol. The Labute approximate surface area is 109 Å². The lowest BCUT2D eigenvalue weighted by molar-refractivity contribution is 0.695. The van der Waals surface area contributed by atoms with Gasteiger partial charge >= 0.3 is 0 Å². The smallest absolute Gasteiger partial charge is 0.181 e. The molecule has 0 saturated heterocycles. The van der Waals surface area contributed by atoms with Gasteiger partial charge in [-0.2, -0.15) is 5.10 Å². The molecule has 3 rings (SSSR count). The first-order valence-corrected chi connectivity index (χ1v) is 6.47. The number of nitrogens with two attached hydrogens (primary N) is 1. The maximum absolute atomic E-state index is 5.75. The lowest BCUT2D eigenvalue weighted by Crippen LogP contribution is -1.98. The summed E-state index contributed by atoms with van der Waals surface area (Å²) in [6, 6.07) is 11.7. The maximum atomic E-state index is 5.75. The van der Waals surface area contributed by atoms with Gasteiger partial charge in [-0.3, -0.25) is 0 Å². The predicted octanol–water partition coefficient (Wildman–Crippen LogP) is 2.64. The highest BCUT2D eigenvalue weighted by atomic mass is 32.1. The molecule has 0 spiro atoms. The molecule has 0 fully saturated rings. The van der Waals surface area contributed by atoms with E-state index in [-0.39, 0.29) is 0 Å². The fourth-order valence-corrected chi connectivity index (χ4v) is 2.44. The van der Waals surface area contributed by atoms with E-state index in [0.29, 0.717) is 5.82 Å². The van der Waals surface area contributed by atoms with Gasteiger partial charge in [0.25, 0.3) is 0 Å². The SMILES string of the molecule is Nc1cccc(-c2ncn(Cc3cccs3)n2)c1. The van der Waals surface area contributed by atoms with Crippen LogP contribution in [0.2, 0.25) is 0 Å². The van der Waals surface area contributed by atoms with E-state index in [2.05, 4.69) is 21.5 Å². The number of nitrogens with zero attached hydrogens (tertiary/aromatic N) is 3. The summed E-state index contributed by atoms with van der Waals surface area (Å²) in [4.78, 5) is 5.57. The minimum absolute atomic E-state index is 0.707. The molecule has 90 valence electrons. The highest BCUT2D eigenvalue weighted by Crippen LogP contribution is 2.17. The van der Waals surface area contributed by atoms with Gasteiger partial charge in [0.2, 0.25) is 0 Å². The summed E-state index contributed by atoms with van der Waals surface area (Å²) in [6.07, 6.45) is 1.75. The van der Waals surface area contributed by atoms with E-state index in [9.17, 15) is 0 Å². The van der Waals surface area contributed by atoms with Crippen LogP contribution in [0.15, 0.2) is 48.1 Å². The minimum atomic E-state index is 0.707. The van der Waals surface area contributed by atoms with Crippen molar-refractivity contribution in [2.24, 2.45) is 0 Å². The third kappa shape index (κ3) is 2.26. The normalized spacial score (nSPS) is 10.7. The molecule has 2 heterocycles. The molecule has 0 aliphatic heterocycles. The van der Waals surface area contributed by atoms with E-state index in [1.54, 1.807) is 17.7 Å². The third-order valence-electron chi connectivity index (χ3n) is 2.58. The van der Waals surface area contributed by atoms with Crippen LogP contribution >= 0.6 is 11.3 Å². The van der Waals surface area contributed by atoms with Crippen molar-refractivity contribution < 1.29 is 0 Å². The highest BCUT2D eigenvalue weighted by molar-refractivity contribution is 7.09. The Balaban J connectivity index is 1.85. The molecule has 0 aliphatic carbocycles. The molecule has 0 saturated carbocycles. The predicted molar refractivity (Wildman–Crippen MR) is 73.3 cm³/mol. The Kier molecular flexibility index (Phi) is 2.82. The summed E-state index contributed by atoms with van der Waals surface area (Å²) >= 11 is 1.72. The lowest BCUT2D eigenvalue weighted by Gasteiger charge is -1.98.